The molecule has 2 aromatic rings. The number of ether oxygens (including phenoxy) is 3. The smallest absolute Gasteiger partial charge is 0.243 e. The number of sulfonamides is 1. The van der Waals surface area contributed by atoms with E-state index in [2.05, 4.69) is 5.32 Å². The van der Waals surface area contributed by atoms with Crippen molar-refractivity contribution in [3.63, 3.8) is 0 Å². The van der Waals surface area contributed by atoms with Crippen molar-refractivity contribution in [2.24, 2.45) is 5.73 Å². The normalized spacial score (nSPS) is 14.4. The molecular formula is C24H32N4O6S. The molecule has 4 N–H and O–H groups in total. The molecule has 11 heteroatoms. The van der Waals surface area contributed by atoms with Crippen LogP contribution in [0.4, 0.5) is 0 Å². The van der Waals surface area contributed by atoms with Crippen LogP contribution in [0.1, 0.15) is 18.4 Å². The van der Waals surface area contributed by atoms with Gasteiger partial charge >= 0.3 is 0 Å². The summed E-state index contributed by atoms with van der Waals surface area (Å²) in [4.78, 5) is 12.1. The minimum Gasteiger partial charge on any atom is -0.493 e. The standard InChI is InChI=1S/C24H32N4O6S/c1-32-13-2-14-34-22-17-18(4-10-23(29)27-24(25)26)3-9-21(22)19-5-7-20(8-6-19)35(30,31)28-11-15-33-16-12-28/h3,5-9,17H,2,4,10-16H2,1H3,(H4,25,26,27,29). The number of carbonyl (C=O) groups excluding carboxylic acids is 1. The van der Waals surface area contributed by atoms with Gasteiger partial charge in [0.1, 0.15) is 5.75 Å². The van der Waals surface area contributed by atoms with E-state index in [0.29, 0.717) is 58.1 Å². The van der Waals surface area contributed by atoms with Gasteiger partial charge in [-0.3, -0.25) is 15.5 Å². The molecule has 190 valence electrons. The SMILES string of the molecule is COCCCOc1cc(CCC(=O)NC(=N)N)ccc1-c1ccc(S(=O)(=O)N2CCOCC2)cc1. The molecule has 35 heavy (non-hydrogen) atoms. The number of carbonyl (C=O) groups is 1. The summed E-state index contributed by atoms with van der Waals surface area (Å²) in [6, 6.07) is 12.4. The quantitative estimate of drug-likeness (QED) is 0.240. The second kappa shape index (κ2) is 12.6. The Morgan fingerprint density at radius 3 is 2.51 bits per heavy atom. The van der Waals surface area contributed by atoms with Crippen molar-refractivity contribution in [1.29, 1.82) is 5.41 Å². The Morgan fingerprint density at radius 2 is 1.86 bits per heavy atom. The van der Waals surface area contributed by atoms with Gasteiger partial charge in [-0.2, -0.15) is 4.31 Å². The zero-order valence-electron chi connectivity index (χ0n) is 19.8. The Bertz CT molecular complexity index is 1120. The maximum atomic E-state index is 12.9. The molecule has 1 aliphatic heterocycles. The number of rotatable bonds is 11. The zero-order valence-corrected chi connectivity index (χ0v) is 20.6. The van der Waals surface area contributed by atoms with Gasteiger partial charge in [0, 0.05) is 45.2 Å². The van der Waals surface area contributed by atoms with Crippen LogP contribution in [0.2, 0.25) is 0 Å². The second-order valence-electron chi connectivity index (χ2n) is 8.03. The van der Waals surface area contributed by atoms with Crippen molar-refractivity contribution in [2.45, 2.75) is 24.2 Å². The van der Waals surface area contributed by atoms with Crippen molar-refractivity contribution in [3.8, 4) is 16.9 Å². The van der Waals surface area contributed by atoms with Crippen LogP contribution >= 0.6 is 0 Å². The monoisotopic (exact) mass is 504 g/mol. The second-order valence-corrected chi connectivity index (χ2v) is 9.97. The summed E-state index contributed by atoms with van der Waals surface area (Å²) in [5.74, 6) is -0.0813. The number of nitrogens with zero attached hydrogens (tertiary/aromatic N) is 1. The highest BCUT2D eigenvalue weighted by Gasteiger charge is 2.26. The number of aryl methyl sites for hydroxylation is 1. The number of nitrogens with two attached hydrogens (primary N) is 1. The summed E-state index contributed by atoms with van der Waals surface area (Å²) in [7, 11) is -1.95. The van der Waals surface area contributed by atoms with E-state index in [0.717, 1.165) is 16.7 Å². The van der Waals surface area contributed by atoms with E-state index in [1.165, 1.54) is 4.31 Å². The molecule has 1 saturated heterocycles. The molecule has 0 spiro atoms. The first-order valence-corrected chi connectivity index (χ1v) is 12.8. The van der Waals surface area contributed by atoms with Gasteiger partial charge in [-0.1, -0.05) is 24.3 Å². The number of methoxy groups -OCH3 is 1. The van der Waals surface area contributed by atoms with Crippen molar-refractivity contribution in [1.82, 2.24) is 9.62 Å². The maximum Gasteiger partial charge on any atom is 0.243 e. The lowest BCUT2D eigenvalue weighted by atomic mass is 10.0. The molecule has 3 rings (SSSR count). The Morgan fingerprint density at radius 1 is 1.14 bits per heavy atom. The van der Waals surface area contributed by atoms with Gasteiger partial charge in [0.25, 0.3) is 0 Å². The number of hydrogen-bond acceptors (Lipinski definition) is 7. The van der Waals surface area contributed by atoms with E-state index >= 15 is 0 Å². The van der Waals surface area contributed by atoms with E-state index in [1.807, 2.05) is 18.2 Å². The van der Waals surface area contributed by atoms with Crippen LogP contribution in [0.25, 0.3) is 11.1 Å². The van der Waals surface area contributed by atoms with E-state index in [4.69, 9.17) is 25.4 Å². The van der Waals surface area contributed by atoms with E-state index < -0.39 is 10.0 Å². The fourth-order valence-corrected chi connectivity index (χ4v) is 5.09. The number of nitrogens with one attached hydrogen (secondary N) is 2. The Hall–Kier alpha value is -2.99. The molecule has 2 aromatic carbocycles. The van der Waals surface area contributed by atoms with Crippen molar-refractivity contribution in [3.05, 3.63) is 48.0 Å². The summed E-state index contributed by atoms with van der Waals surface area (Å²) < 4.78 is 43.7. The number of morpholine rings is 1. The molecule has 1 amide bonds. The first-order valence-electron chi connectivity index (χ1n) is 11.4. The van der Waals surface area contributed by atoms with Crippen LogP contribution in [0.3, 0.4) is 0 Å². The van der Waals surface area contributed by atoms with Crippen LogP contribution in [0.5, 0.6) is 5.75 Å². The zero-order chi connectivity index (χ0) is 25.3. The molecule has 10 nitrogen and oxygen atoms in total. The molecule has 0 atom stereocenters. The Labute approximate surface area is 205 Å². The molecular weight excluding hydrogens is 472 g/mol. The molecule has 0 saturated carbocycles. The first kappa shape index (κ1) is 26.6. The minimum atomic E-state index is -3.58. The largest absolute Gasteiger partial charge is 0.493 e. The minimum absolute atomic E-state index is 0.177. The predicted octanol–water partition coefficient (Wildman–Crippen LogP) is 1.73. The highest BCUT2D eigenvalue weighted by atomic mass is 32.2. The fraction of sp³-hybridized carbons (Fsp3) is 0.417. The van der Waals surface area contributed by atoms with Gasteiger partial charge in [0.2, 0.25) is 15.9 Å². The molecule has 0 bridgehead atoms. The summed E-state index contributed by atoms with van der Waals surface area (Å²) >= 11 is 0. The van der Waals surface area contributed by atoms with Crippen LogP contribution in [0.15, 0.2) is 47.4 Å². The molecule has 1 aliphatic rings. The molecule has 1 heterocycles. The number of benzene rings is 2. The van der Waals surface area contributed by atoms with Gasteiger partial charge in [-0.15, -0.1) is 0 Å². The molecule has 0 aromatic heterocycles. The summed E-state index contributed by atoms with van der Waals surface area (Å²) in [6.45, 7) is 2.48. The summed E-state index contributed by atoms with van der Waals surface area (Å²) in [5, 5.41) is 9.43. The van der Waals surface area contributed by atoms with Gasteiger partial charge in [0.05, 0.1) is 24.7 Å². The van der Waals surface area contributed by atoms with Gasteiger partial charge < -0.3 is 19.9 Å². The third kappa shape index (κ3) is 7.49. The van der Waals surface area contributed by atoms with Crippen LogP contribution in [-0.2, 0) is 30.7 Å². The van der Waals surface area contributed by atoms with Crippen molar-refractivity contribution < 1.29 is 27.4 Å². The van der Waals surface area contributed by atoms with Crippen molar-refractivity contribution in [2.75, 3.05) is 46.6 Å². The lowest BCUT2D eigenvalue weighted by Gasteiger charge is -2.26. The highest BCUT2D eigenvalue weighted by molar-refractivity contribution is 7.89. The lowest BCUT2D eigenvalue weighted by molar-refractivity contribution is -0.119. The number of guanidine groups is 1. The van der Waals surface area contributed by atoms with Gasteiger partial charge in [0.15, 0.2) is 5.96 Å². The Kier molecular flexibility index (Phi) is 9.61. The first-order chi connectivity index (χ1) is 16.8. The number of amides is 1. The maximum absolute atomic E-state index is 12.9. The van der Waals surface area contributed by atoms with Gasteiger partial charge in [-0.05, 0) is 35.7 Å². The summed E-state index contributed by atoms with van der Waals surface area (Å²) in [5.41, 5.74) is 7.72. The molecule has 0 radical (unpaired) electrons. The topological polar surface area (TPSA) is 144 Å². The third-order valence-electron chi connectivity index (χ3n) is 5.48. The lowest BCUT2D eigenvalue weighted by Crippen LogP contribution is -2.40. The number of hydrogen-bond donors (Lipinski definition) is 3. The van der Waals surface area contributed by atoms with Crippen molar-refractivity contribution >= 4 is 21.9 Å². The van der Waals surface area contributed by atoms with Crippen LogP contribution < -0.4 is 15.8 Å². The van der Waals surface area contributed by atoms with E-state index in [9.17, 15) is 13.2 Å². The average Bonchev–Trinajstić information content (AvgIpc) is 2.86. The third-order valence-corrected chi connectivity index (χ3v) is 7.40. The molecule has 0 unspecified atom stereocenters. The summed E-state index contributed by atoms with van der Waals surface area (Å²) in [6.07, 6.45) is 1.33. The van der Waals surface area contributed by atoms with Crippen LogP contribution in [-0.4, -0.2) is 71.2 Å². The average molecular weight is 505 g/mol. The molecule has 1 fully saturated rings. The van der Waals surface area contributed by atoms with E-state index in [1.54, 1.807) is 31.4 Å². The predicted molar refractivity (Wildman–Crippen MR) is 132 cm³/mol. The fourth-order valence-electron chi connectivity index (χ4n) is 3.68. The highest BCUT2D eigenvalue weighted by Crippen LogP contribution is 2.33. The molecule has 0 aliphatic carbocycles. The van der Waals surface area contributed by atoms with E-state index in [-0.39, 0.29) is 23.2 Å². The Balaban J connectivity index is 1.80. The van der Waals surface area contributed by atoms with Crippen LogP contribution in [0, 0.1) is 5.41 Å². The van der Waals surface area contributed by atoms with Gasteiger partial charge in [-0.25, -0.2) is 8.42 Å².